The van der Waals surface area contributed by atoms with E-state index in [0.717, 1.165) is 57.3 Å². The number of aryl methyl sites for hydroxylation is 1. The second kappa shape index (κ2) is 10.6. The van der Waals surface area contributed by atoms with E-state index < -0.39 is 0 Å². The minimum absolute atomic E-state index is 0.286. The molecular weight excluding hydrogens is 480 g/mol. The van der Waals surface area contributed by atoms with Gasteiger partial charge in [-0.25, -0.2) is 9.59 Å². The summed E-state index contributed by atoms with van der Waals surface area (Å²) < 4.78 is 7.42. The predicted octanol–water partition coefficient (Wildman–Crippen LogP) is 5.36. The van der Waals surface area contributed by atoms with Crippen LogP contribution in [0.15, 0.2) is 24.5 Å². The summed E-state index contributed by atoms with van der Waals surface area (Å²) in [5, 5.41) is 7.27. The maximum Gasteiger partial charge on any atom is 0.350 e. The molecule has 2 amide bonds. The number of rotatable bonds is 7. The lowest BCUT2D eigenvalue weighted by molar-refractivity contribution is 0.0533. The molecule has 0 saturated carbocycles. The van der Waals surface area contributed by atoms with Crippen molar-refractivity contribution in [1.82, 2.24) is 14.8 Å². The molecule has 0 bridgehead atoms. The van der Waals surface area contributed by atoms with E-state index in [0.29, 0.717) is 23.7 Å². The number of nitrogens with one attached hydrogen (secondary N) is 2. The summed E-state index contributed by atoms with van der Waals surface area (Å²) in [6.45, 7) is 7.79. The number of hydrogen-bond donors (Lipinski definition) is 2. The smallest absolute Gasteiger partial charge is 0.350 e. The summed E-state index contributed by atoms with van der Waals surface area (Å²) in [4.78, 5) is 31.3. The van der Waals surface area contributed by atoms with Crippen molar-refractivity contribution in [2.45, 2.75) is 59.0 Å². The van der Waals surface area contributed by atoms with E-state index in [2.05, 4.69) is 39.4 Å². The Bertz CT molecular complexity index is 1210. The molecule has 3 aromatic rings. The molecule has 2 aliphatic rings. The third-order valence-electron chi connectivity index (χ3n) is 6.81. The average molecular weight is 513 g/mol. The van der Waals surface area contributed by atoms with E-state index in [9.17, 15) is 9.59 Å². The first-order valence-corrected chi connectivity index (χ1v) is 14.1. The number of likely N-dealkylation sites (N-methyl/N-ethyl adjacent to an activating group) is 1. The Morgan fingerprint density at radius 1 is 1.03 bits per heavy atom. The fourth-order valence-electron chi connectivity index (χ4n) is 5.00. The molecule has 0 saturated heterocycles. The van der Waals surface area contributed by atoms with Gasteiger partial charge in [0.15, 0.2) is 0 Å². The quantitative estimate of drug-likeness (QED) is 0.418. The fourth-order valence-corrected chi connectivity index (χ4v) is 7.62. The van der Waals surface area contributed by atoms with Crippen LogP contribution in [0.25, 0.3) is 5.00 Å². The van der Waals surface area contributed by atoms with Gasteiger partial charge in [-0.05, 0) is 68.8 Å². The Balaban J connectivity index is 1.37. The van der Waals surface area contributed by atoms with E-state index >= 15 is 0 Å². The van der Waals surface area contributed by atoms with Crippen molar-refractivity contribution in [3.8, 4) is 5.00 Å². The Kier molecular flexibility index (Phi) is 7.27. The Labute approximate surface area is 214 Å². The number of aromatic nitrogens is 1. The molecule has 5 rings (SSSR count). The lowest BCUT2D eigenvalue weighted by atomic mass is 9.97. The topological polar surface area (TPSA) is 75.6 Å². The van der Waals surface area contributed by atoms with Crippen molar-refractivity contribution in [2.24, 2.45) is 0 Å². The zero-order valence-corrected chi connectivity index (χ0v) is 21.9. The highest BCUT2D eigenvalue weighted by Gasteiger charge is 2.28. The van der Waals surface area contributed by atoms with Gasteiger partial charge >= 0.3 is 12.0 Å². The minimum Gasteiger partial charge on any atom is -0.462 e. The van der Waals surface area contributed by atoms with Crippen LogP contribution in [0.3, 0.4) is 0 Å². The molecule has 4 heterocycles. The first kappa shape index (κ1) is 24.1. The van der Waals surface area contributed by atoms with Crippen molar-refractivity contribution in [3.05, 3.63) is 55.8 Å². The zero-order valence-electron chi connectivity index (χ0n) is 20.3. The van der Waals surface area contributed by atoms with Gasteiger partial charge in [0.25, 0.3) is 0 Å². The molecule has 9 heteroatoms. The Morgan fingerprint density at radius 3 is 2.60 bits per heavy atom. The Hall–Kier alpha value is -2.62. The molecule has 186 valence electrons. The number of esters is 1. The van der Waals surface area contributed by atoms with E-state index in [1.807, 2.05) is 23.5 Å². The van der Waals surface area contributed by atoms with E-state index in [1.54, 1.807) is 6.92 Å². The first-order valence-electron chi connectivity index (χ1n) is 12.4. The molecule has 0 fully saturated rings. The molecule has 0 aromatic carbocycles. The standard InChI is InChI=1S/C26H32N4O3S2/c1-3-29-14-11-17-19(24(35-21(17)16-29)30-12-7-8-13-30)15-27-26(32)28-22-18-9-5-6-10-20(18)34-23(22)25(31)33-4-2/h7-8,12-13H,3-6,9-11,14-16H2,1-2H3,(H2,27,28,32). The average Bonchev–Trinajstić information content (AvgIpc) is 3.60. The second-order valence-corrected chi connectivity index (χ2v) is 11.1. The molecule has 2 N–H and O–H groups in total. The van der Waals surface area contributed by atoms with E-state index in [4.69, 9.17) is 4.74 Å². The molecule has 0 unspecified atom stereocenters. The molecule has 0 atom stereocenters. The van der Waals surface area contributed by atoms with Gasteiger partial charge in [0, 0.05) is 47.3 Å². The van der Waals surface area contributed by atoms with Crippen molar-refractivity contribution in [2.75, 3.05) is 25.0 Å². The van der Waals surface area contributed by atoms with Gasteiger partial charge in [0.1, 0.15) is 9.88 Å². The number of thiophene rings is 2. The molecule has 1 aliphatic heterocycles. The van der Waals surface area contributed by atoms with Crippen molar-refractivity contribution < 1.29 is 14.3 Å². The lowest BCUT2D eigenvalue weighted by Gasteiger charge is -2.25. The van der Waals surface area contributed by atoms with Gasteiger partial charge in [-0.2, -0.15) is 0 Å². The summed E-state index contributed by atoms with van der Waals surface area (Å²) >= 11 is 3.28. The van der Waals surface area contributed by atoms with Crippen LogP contribution in [0.4, 0.5) is 10.5 Å². The summed E-state index contributed by atoms with van der Waals surface area (Å²) in [7, 11) is 0. The third-order valence-corrected chi connectivity index (χ3v) is 9.35. The van der Waals surface area contributed by atoms with Crippen LogP contribution in [-0.2, 0) is 37.1 Å². The minimum atomic E-state index is -0.357. The summed E-state index contributed by atoms with van der Waals surface area (Å²) in [6.07, 6.45) is 9.12. The van der Waals surface area contributed by atoms with Crippen LogP contribution in [-0.4, -0.2) is 41.2 Å². The SMILES string of the molecule is CCOC(=O)c1sc2c(c1NC(=O)NCc1c(-n3cccc3)sc3c1CCN(CC)C3)CCCC2. The number of ether oxygens (including phenoxy) is 1. The van der Waals surface area contributed by atoms with Crippen LogP contribution >= 0.6 is 22.7 Å². The number of urea groups is 1. The number of amides is 2. The van der Waals surface area contributed by atoms with Gasteiger partial charge in [-0.3, -0.25) is 4.90 Å². The van der Waals surface area contributed by atoms with Crippen molar-refractivity contribution >= 4 is 40.4 Å². The monoisotopic (exact) mass is 512 g/mol. The normalized spacial score (nSPS) is 15.4. The molecule has 7 nitrogen and oxygen atoms in total. The van der Waals surface area contributed by atoms with Crippen LogP contribution in [0.1, 0.15) is 62.8 Å². The van der Waals surface area contributed by atoms with Crippen LogP contribution in [0.2, 0.25) is 0 Å². The number of hydrogen-bond acceptors (Lipinski definition) is 6. The zero-order chi connectivity index (χ0) is 24.4. The molecule has 3 aromatic heterocycles. The van der Waals surface area contributed by atoms with Gasteiger partial charge in [0.05, 0.1) is 12.3 Å². The van der Waals surface area contributed by atoms with E-state index in [1.165, 1.54) is 37.2 Å². The highest BCUT2D eigenvalue weighted by molar-refractivity contribution is 7.15. The first-order chi connectivity index (χ1) is 17.1. The van der Waals surface area contributed by atoms with Crippen molar-refractivity contribution in [3.63, 3.8) is 0 Å². The summed E-state index contributed by atoms with van der Waals surface area (Å²) in [5.41, 5.74) is 4.28. The molecule has 1 aliphatic carbocycles. The lowest BCUT2D eigenvalue weighted by Crippen LogP contribution is -2.32. The Morgan fingerprint density at radius 2 is 1.83 bits per heavy atom. The number of anilines is 1. The van der Waals surface area contributed by atoms with Gasteiger partial charge < -0.3 is 19.9 Å². The van der Waals surface area contributed by atoms with E-state index in [-0.39, 0.29) is 12.0 Å². The second-order valence-electron chi connectivity index (χ2n) is 8.94. The van der Waals surface area contributed by atoms with Crippen LogP contribution in [0.5, 0.6) is 0 Å². The number of carbonyl (C=O) groups excluding carboxylic acids is 2. The molecule has 0 spiro atoms. The third kappa shape index (κ3) is 4.90. The highest BCUT2D eigenvalue weighted by atomic mass is 32.1. The van der Waals surface area contributed by atoms with Gasteiger partial charge in [-0.15, -0.1) is 22.7 Å². The number of nitrogens with zero attached hydrogens (tertiary/aromatic N) is 2. The fraction of sp³-hybridized carbons (Fsp3) is 0.462. The largest absolute Gasteiger partial charge is 0.462 e. The maximum atomic E-state index is 13.1. The predicted molar refractivity (Wildman–Crippen MR) is 141 cm³/mol. The summed E-state index contributed by atoms with van der Waals surface area (Å²) in [5.74, 6) is -0.357. The van der Waals surface area contributed by atoms with Crippen LogP contribution < -0.4 is 10.6 Å². The summed E-state index contributed by atoms with van der Waals surface area (Å²) in [6, 6.07) is 3.76. The molecule has 0 radical (unpaired) electrons. The highest BCUT2D eigenvalue weighted by Crippen LogP contribution is 2.39. The van der Waals surface area contributed by atoms with Crippen molar-refractivity contribution in [1.29, 1.82) is 0 Å². The number of fused-ring (bicyclic) bond motifs is 2. The van der Waals surface area contributed by atoms with Gasteiger partial charge in [0.2, 0.25) is 0 Å². The maximum absolute atomic E-state index is 13.1. The van der Waals surface area contributed by atoms with Crippen LogP contribution in [0, 0.1) is 0 Å². The number of carbonyl (C=O) groups is 2. The molecule has 35 heavy (non-hydrogen) atoms. The van der Waals surface area contributed by atoms with Gasteiger partial charge in [-0.1, -0.05) is 6.92 Å². The molecular formula is C26H32N4O3S2.